The van der Waals surface area contributed by atoms with Crippen LogP contribution in [0.1, 0.15) is 47.0 Å². The third-order valence-corrected chi connectivity index (χ3v) is 6.75. The Morgan fingerprint density at radius 2 is 2.00 bits per heavy atom. The minimum absolute atomic E-state index is 0.0206. The Morgan fingerprint density at radius 3 is 2.65 bits per heavy atom. The van der Waals surface area contributed by atoms with Crippen molar-refractivity contribution in [3.8, 4) is 0 Å². The molecule has 1 unspecified atom stereocenters. The fraction of sp³-hybridized carbons (Fsp3) is 0.842. The number of carbonyl (C=O) groups is 1. The molecule has 3 rings (SSSR count). The number of aliphatic hydroxyl groups excluding tert-OH is 2. The second-order valence-corrected chi connectivity index (χ2v) is 8.10. The lowest BCUT2D eigenvalue weighted by Gasteiger charge is -2.41. The van der Waals surface area contributed by atoms with Gasteiger partial charge in [0, 0.05) is 11.8 Å². The van der Waals surface area contributed by atoms with Crippen molar-refractivity contribution in [1.29, 1.82) is 0 Å². The fourth-order valence-electron chi connectivity index (χ4n) is 5.54. The van der Waals surface area contributed by atoms with Crippen LogP contribution in [0.3, 0.4) is 0 Å². The van der Waals surface area contributed by atoms with Crippen molar-refractivity contribution in [1.82, 2.24) is 0 Å². The summed E-state index contributed by atoms with van der Waals surface area (Å²) in [7, 11) is 0. The molecule has 0 radical (unpaired) electrons. The van der Waals surface area contributed by atoms with Crippen LogP contribution < -0.4 is 0 Å². The molecule has 1 aliphatic heterocycles. The average Bonchev–Trinajstić information content (AvgIpc) is 2.81. The zero-order valence-electron chi connectivity index (χ0n) is 14.6. The van der Waals surface area contributed by atoms with Gasteiger partial charge >= 0.3 is 5.97 Å². The normalized spacial score (nSPS) is 49.7. The van der Waals surface area contributed by atoms with Crippen molar-refractivity contribution in [2.24, 2.45) is 35.5 Å². The maximum Gasteiger partial charge on any atom is 0.313 e. The van der Waals surface area contributed by atoms with Crippen LogP contribution >= 0.6 is 0 Å². The van der Waals surface area contributed by atoms with Crippen LogP contribution in [0.4, 0.5) is 0 Å². The summed E-state index contributed by atoms with van der Waals surface area (Å²) < 4.78 is 5.89. The lowest BCUT2D eigenvalue weighted by molar-refractivity contribution is -0.161. The Morgan fingerprint density at radius 1 is 1.30 bits per heavy atom. The molecule has 9 atom stereocenters. The fourth-order valence-corrected chi connectivity index (χ4v) is 5.54. The number of hydrogen-bond acceptors (Lipinski definition) is 4. The Balaban J connectivity index is 2.00. The SMILES string of the molecule is CCCC[C@@H](C)[C@@H]1[C@@H]2C=C[C@@H]3C([C@H](O)[C@H](O)[C@H]3C)[C@]1(C)OC2=O. The van der Waals surface area contributed by atoms with E-state index < -0.39 is 17.8 Å². The van der Waals surface area contributed by atoms with E-state index in [1.54, 1.807) is 0 Å². The molecule has 0 amide bonds. The maximum atomic E-state index is 12.4. The van der Waals surface area contributed by atoms with Gasteiger partial charge in [0.1, 0.15) is 5.60 Å². The molecular formula is C19H30O4. The van der Waals surface area contributed by atoms with Gasteiger partial charge in [-0.05, 0) is 24.7 Å². The Hall–Kier alpha value is -0.870. The van der Waals surface area contributed by atoms with Crippen LogP contribution in [0.2, 0.25) is 0 Å². The summed E-state index contributed by atoms with van der Waals surface area (Å²) in [4.78, 5) is 12.4. The van der Waals surface area contributed by atoms with Crippen LogP contribution in [0.25, 0.3) is 0 Å². The van der Waals surface area contributed by atoms with Crippen molar-refractivity contribution in [3.63, 3.8) is 0 Å². The Bertz CT molecular complexity index is 502. The first-order valence-corrected chi connectivity index (χ1v) is 9.10. The molecule has 0 spiro atoms. The third kappa shape index (κ3) is 2.37. The van der Waals surface area contributed by atoms with Gasteiger partial charge in [0.2, 0.25) is 0 Å². The van der Waals surface area contributed by atoms with E-state index in [9.17, 15) is 15.0 Å². The smallest absolute Gasteiger partial charge is 0.313 e. The summed E-state index contributed by atoms with van der Waals surface area (Å²) in [5, 5.41) is 21.0. The van der Waals surface area contributed by atoms with E-state index in [0.717, 1.165) is 19.3 Å². The van der Waals surface area contributed by atoms with Gasteiger partial charge in [0.05, 0.1) is 18.1 Å². The second kappa shape index (κ2) is 5.89. The molecule has 130 valence electrons. The number of esters is 1. The minimum Gasteiger partial charge on any atom is -0.458 e. The average molecular weight is 322 g/mol. The van der Waals surface area contributed by atoms with Crippen LogP contribution in [0.5, 0.6) is 0 Å². The molecule has 4 heteroatoms. The van der Waals surface area contributed by atoms with Crippen molar-refractivity contribution < 1.29 is 19.7 Å². The lowest BCUT2D eigenvalue weighted by Crippen LogP contribution is -2.49. The molecule has 0 aromatic heterocycles. The van der Waals surface area contributed by atoms with Gasteiger partial charge in [-0.15, -0.1) is 0 Å². The van der Waals surface area contributed by atoms with E-state index in [-0.39, 0.29) is 35.6 Å². The van der Waals surface area contributed by atoms with Gasteiger partial charge in [0.25, 0.3) is 0 Å². The predicted molar refractivity (Wildman–Crippen MR) is 87.5 cm³/mol. The second-order valence-electron chi connectivity index (χ2n) is 8.10. The first-order valence-electron chi connectivity index (χ1n) is 9.10. The highest BCUT2D eigenvalue weighted by atomic mass is 16.6. The lowest BCUT2D eigenvalue weighted by atomic mass is 9.66. The van der Waals surface area contributed by atoms with Gasteiger partial charge in [-0.2, -0.15) is 0 Å². The number of aliphatic hydroxyl groups is 2. The van der Waals surface area contributed by atoms with E-state index in [1.165, 1.54) is 0 Å². The largest absolute Gasteiger partial charge is 0.458 e. The molecule has 1 saturated heterocycles. The molecule has 0 aromatic rings. The number of rotatable bonds is 4. The molecule has 1 saturated carbocycles. The molecule has 2 N–H and O–H groups in total. The standard InChI is InChI=1S/C19H30O4/c1-5-6-7-10(2)14-13-9-8-12-11(3)16(20)17(21)15(12)19(14,4)23-18(13)22/h8-17,20-21H,5-7H2,1-4H3/t10-,11+,12+,13+,14-,15?,16-,17+,19-/m1/s1. The molecular weight excluding hydrogens is 292 g/mol. The van der Waals surface area contributed by atoms with Crippen LogP contribution in [-0.4, -0.2) is 34.0 Å². The van der Waals surface area contributed by atoms with Crippen molar-refractivity contribution in [3.05, 3.63) is 12.2 Å². The van der Waals surface area contributed by atoms with Crippen LogP contribution in [-0.2, 0) is 9.53 Å². The molecule has 2 fully saturated rings. The molecule has 0 aromatic carbocycles. The highest BCUT2D eigenvalue weighted by molar-refractivity contribution is 5.78. The predicted octanol–water partition coefficient (Wildman–Crippen LogP) is 2.53. The summed E-state index contributed by atoms with van der Waals surface area (Å²) >= 11 is 0. The van der Waals surface area contributed by atoms with Crippen molar-refractivity contribution in [2.75, 3.05) is 0 Å². The summed E-state index contributed by atoms with van der Waals surface area (Å²) in [6.45, 7) is 8.33. The number of fused-ring (bicyclic) bond motifs is 4. The first kappa shape index (κ1) is 17.0. The molecule has 23 heavy (non-hydrogen) atoms. The molecule has 1 heterocycles. The zero-order valence-corrected chi connectivity index (χ0v) is 14.6. The minimum atomic E-state index is -0.838. The van der Waals surface area contributed by atoms with E-state index in [1.807, 2.05) is 19.9 Å². The molecule has 2 bridgehead atoms. The zero-order chi connectivity index (χ0) is 16.9. The van der Waals surface area contributed by atoms with Gasteiger partial charge < -0.3 is 14.9 Å². The van der Waals surface area contributed by atoms with E-state index in [4.69, 9.17) is 4.74 Å². The molecule has 4 nitrogen and oxygen atoms in total. The topological polar surface area (TPSA) is 66.8 Å². The number of hydrogen-bond donors (Lipinski definition) is 2. The van der Waals surface area contributed by atoms with Gasteiger partial charge in [-0.1, -0.05) is 52.2 Å². The van der Waals surface area contributed by atoms with Crippen molar-refractivity contribution in [2.45, 2.75) is 64.8 Å². The molecule has 3 aliphatic rings. The van der Waals surface area contributed by atoms with E-state index in [0.29, 0.717) is 5.92 Å². The first-order chi connectivity index (χ1) is 10.8. The summed E-state index contributed by atoms with van der Waals surface area (Å²) in [5.74, 6) is -0.156. The van der Waals surface area contributed by atoms with E-state index in [2.05, 4.69) is 19.9 Å². The highest BCUT2D eigenvalue weighted by Gasteiger charge is 2.65. The maximum absolute atomic E-state index is 12.4. The van der Waals surface area contributed by atoms with Gasteiger partial charge in [-0.25, -0.2) is 0 Å². The third-order valence-electron chi connectivity index (χ3n) is 6.75. The Labute approximate surface area is 138 Å². The quantitative estimate of drug-likeness (QED) is 0.616. The number of carbonyl (C=O) groups excluding carboxylic acids is 1. The number of allylic oxidation sites excluding steroid dienone is 1. The number of ether oxygens (including phenoxy) is 1. The molecule has 2 aliphatic carbocycles. The summed E-state index contributed by atoms with van der Waals surface area (Å²) in [5.41, 5.74) is -0.700. The monoisotopic (exact) mass is 322 g/mol. The number of unbranched alkanes of at least 4 members (excludes halogenated alkanes) is 1. The van der Waals surface area contributed by atoms with E-state index >= 15 is 0 Å². The highest BCUT2D eigenvalue weighted by Crippen LogP contribution is 2.57. The van der Waals surface area contributed by atoms with Gasteiger partial charge in [-0.3, -0.25) is 4.79 Å². The van der Waals surface area contributed by atoms with Gasteiger partial charge in [0.15, 0.2) is 0 Å². The van der Waals surface area contributed by atoms with Crippen LogP contribution in [0.15, 0.2) is 12.2 Å². The van der Waals surface area contributed by atoms with Crippen molar-refractivity contribution >= 4 is 5.97 Å². The summed E-state index contributed by atoms with van der Waals surface area (Å²) in [6, 6.07) is 0. The Kier molecular flexibility index (Phi) is 4.35. The summed E-state index contributed by atoms with van der Waals surface area (Å²) in [6.07, 6.45) is 5.78. The van der Waals surface area contributed by atoms with Crippen LogP contribution in [0, 0.1) is 35.5 Å².